The van der Waals surface area contributed by atoms with Gasteiger partial charge in [-0.15, -0.1) is 0 Å². The molecule has 0 aromatic heterocycles. The van der Waals surface area contributed by atoms with Gasteiger partial charge in [0.05, 0.1) is 0 Å². The topological polar surface area (TPSA) is 29.1 Å². The van der Waals surface area contributed by atoms with Crippen LogP contribution in [0.4, 0.5) is 13.2 Å². The second kappa shape index (κ2) is 5.89. The van der Waals surface area contributed by atoms with E-state index in [0.29, 0.717) is 6.42 Å². The zero-order chi connectivity index (χ0) is 13.8. The summed E-state index contributed by atoms with van der Waals surface area (Å²) in [5.74, 6) is -2.22. The monoisotopic (exact) mass is 259 g/mol. The van der Waals surface area contributed by atoms with Gasteiger partial charge in [0.15, 0.2) is 5.67 Å². The number of halogens is 3. The van der Waals surface area contributed by atoms with Gasteiger partial charge in [-0.25, -0.2) is 13.2 Å². The van der Waals surface area contributed by atoms with E-state index in [1.807, 2.05) is 0 Å². The van der Waals surface area contributed by atoms with Gasteiger partial charge in [-0.05, 0) is 31.0 Å². The van der Waals surface area contributed by atoms with Crippen molar-refractivity contribution in [2.75, 3.05) is 0 Å². The van der Waals surface area contributed by atoms with Crippen molar-refractivity contribution in [1.82, 2.24) is 5.32 Å². The molecule has 1 amide bonds. The molecule has 0 saturated carbocycles. The Hall–Kier alpha value is -1.52. The van der Waals surface area contributed by atoms with E-state index >= 15 is 0 Å². The fourth-order valence-corrected chi connectivity index (χ4v) is 1.66. The Morgan fingerprint density at radius 1 is 1.28 bits per heavy atom. The number of rotatable bonds is 5. The van der Waals surface area contributed by atoms with Crippen molar-refractivity contribution in [2.45, 2.75) is 38.9 Å². The molecule has 100 valence electrons. The van der Waals surface area contributed by atoms with Crippen molar-refractivity contribution in [2.24, 2.45) is 0 Å². The van der Waals surface area contributed by atoms with Gasteiger partial charge in [0.2, 0.25) is 0 Å². The van der Waals surface area contributed by atoms with Crippen LogP contribution in [0.5, 0.6) is 0 Å². The lowest BCUT2D eigenvalue weighted by Gasteiger charge is -2.18. The van der Waals surface area contributed by atoms with Gasteiger partial charge in [-0.3, -0.25) is 4.79 Å². The summed E-state index contributed by atoms with van der Waals surface area (Å²) in [6.45, 7) is 2.86. The van der Waals surface area contributed by atoms with E-state index in [1.54, 1.807) is 6.92 Å². The van der Waals surface area contributed by atoms with Gasteiger partial charge in [0.25, 0.3) is 5.91 Å². The van der Waals surface area contributed by atoms with Crippen molar-refractivity contribution < 1.29 is 18.0 Å². The maximum absolute atomic E-state index is 13.8. The summed E-state index contributed by atoms with van der Waals surface area (Å²) >= 11 is 0. The van der Waals surface area contributed by atoms with Crippen LogP contribution < -0.4 is 5.32 Å². The molecule has 0 saturated heterocycles. The lowest BCUT2D eigenvalue weighted by molar-refractivity contribution is -0.132. The Kier molecular flexibility index (Phi) is 4.76. The molecule has 0 heterocycles. The third-order valence-corrected chi connectivity index (χ3v) is 2.57. The molecule has 0 aliphatic carbocycles. The molecule has 0 spiro atoms. The number of benzene rings is 1. The summed E-state index contributed by atoms with van der Waals surface area (Å²) in [5.41, 5.74) is -1.70. The van der Waals surface area contributed by atoms with Crippen LogP contribution in [0.1, 0.15) is 32.3 Å². The predicted octanol–water partition coefficient (Wildman–Crippen LogP) is 3.11. The Morgan fingerprint density at radius 3 is 2.33 bits per heavy atom. The van der Waals surface area contributed by atoms with Gasteiger partial charge >= 0.3 is 0 Å². The molecule has 0 aliphatic rings. The Labute approximate surface area is 104 Å². The summed E-state index contributed by atoms with van der Waals surface area (Å²) in [6, 6.07) is 2.93. The maximum Gasteiger partial charge on any atom is 0.257 e. The third-order valence-electron chi connectivity index (χ3n) is 2.57. The lowest BCUT2D eigenvalue weighted by atomic mass is 10.0. The first-order valence-corrected chi connectivity index (χ1v) is 5.77. The second-order valence-corrected chi connectivity index (χ2v) is 4.41. The highest BCUT2D eigenvalue weighted by Crippen LogP contribution is 2.17. The molecule has 1 N–H and O–H groups in total. The number of nitrogens with one attached hydrogen (secondary N) is 1. The average molecular weight is 259 g/mol. The van der Waals surface area contributed by atoms with Crippen LogP contribution in [0.25, 0.3) is 0 Å². The Morgan fingerprint density at radius 2 is 1.83 bits per heavy atom. The average Bonchev–Trinajstić information content (AvgIpc) is 2.24. The largest absolute Gasteiger partial charge is 0.349 e. The van der Waals surface area contributed by atoms with Gasteiger partial charge in [-0.2, -0.15) is 0 Å². The Bertz CT molecular complexity index is 412. The molecule has 0 bridgehead atoms. The van der Waals surface area contributed by atoms with Crippen LogP contribution in [0.15, 0.2) is 18.2 Å². The van der Waals surface area contributed by atoms with Crippen molar-refractivity contribution in [1.29, 1.82) is 0 Å². The highest BCUT2D eigenvalue weighted by molar-refractivity contribution is 5.84. The van der Waals surface area contributed by atoms with Crippen LogP contribution >= 0.6 is 0 Å². The molecule has 0 radical (unpaired) electrons. The van der Waals surface area contributed by atoms with Crippen molar-refractivity contribution >= 4 is 5.91 Å². The van der Waals surface area contributed by atoms with E-state index < -0.39 is 23.2 Å². The SMILES string of the molecule is CCCC(C)(F)C(=O)NCc1cc(F)cc(F)c1. The third kappa shape index (κ3) is 4.05. The van der Waals surface area contributed by atoms with Crippen LogP contribution in [-0.2, 0) is 11.3 Å². The summed E-state index contributed by atoms with van der Waals surface area (Å²) < 4.78 is 39.5. The number of hydrogen-bond donors (Lipinski definition) is 1. The zero-order valence-electron chi connectivity index (χ0n) is 10.4. The van der Waals surface area contributed by atoms with Gasteiger partial charge in [0.1, 0.15) is 11.6 Å². The molecule has 1 rings (SSSR count). The van der Waals surface area contributed by atoms with Gasteiger partial charge < -0.3 is 5.32 Å². The lowest BCUT2D eigenvalue weighted by Crippen LogP contribution is -2.40. The number of alkyl halides is 1. The molecular weight excluding hydrogens is 243 g/mol. The molecule has 0 aliphatic heterocycles. The predicted molar refractivity (Wildman–Crippen MR) is 62.6 cm³/mol. The van der Waals surface area contributed by atoms with Crippen LogP contribution in [0.2, 0.25) is 0 Å². The fraction of sp³-hybridized carbons (Fsp3) is 0.462. The van der Waals surface area contributed by atoms with E-state index in [-0.39, 0.29) is 18.5 Å². The van der Waals surface area contributed by atoms with Crippen molar-refractivity contribution in [3.8, 4) is 0 Å². The molecule has 1 aromatic rings. The smallest absolute Gasteiger partial charge is 0.257 e. The van der Waals surface area contributed by atoms with Crippen LogP contribution in [0, 0.1) is 11.6 Å². The molecule has 1 unspecified atom stereocenters. The number of carbonyl (C=O) groups excluding carboxylic acids is 1. The first kappa shape index (κ1) is 14.5. The van der Waals surface area contributed by atoms with E-state index in [0.717, 1.165) is 18.2 Å². The molecule has 1 atom stereocenters. The zero-order valence-corrected chi connectivity index (χ0v) is 10.4. The fourth-order valence-electron chi connectivity index (χ4n) is 1.66. The normalized spacial score (nSPS) is 14.1. The second-order valence-electron chi connectivity index (χ2n) is 4.41. The van der Waals surface area contributed by atoms with Crippen LogP contribution in [0.3, 0.4) is 0 Å². The maximum atomic E-state index is 13.8. The van der Waals surface area contributed by atoms with Gasteiger partial charge in [-0.1, -0.05) is 13.3 Å². The standard InChI is InChI=1S/C13H16F3NO/c1-3-4-13(2,16)12(18)17-8-9-5-10(14)7-11(15)6-9/h5-7H,3-4,8H2,1-2H3,(H,17,18). The number of amides is 1. The molecule has 2 nitrogen and oxygen atoms in total. The van der Waals surface area contributed by atoms with Crippen molar-refractivity contribution in [3.05, 3.63) is 35.4 Å². The van der Waals surface area contributed by atoms with Crippen molar-refractivity contribution in [3.63, 3.8) is 0 Å². The minimum absolute atomic E-state index is 0.100. The first-order chi connectivity index (χ1) is 8.35. The molecule has 5 heteroatoms. The van der Waals surface area contributed by atoms with E-state index in [1.165, 1.54) is 6.92 Å². The van der Waals surface area contributed by atoms with E-state index in [4.69, 9.17) is 0 Å². The highest BCUT2D eigenvalue weighted by Gasteiger charge is 2.31. The molecule has 18 heavy (non-hydrogen) atoms. The van der Waals surface area contributed by atoms with E-state index in [2.05, 4.69) is 5.32 Å². The summed E-state index contributed by atoms with van der Waals surface area (Å²) in [5, 5.41) is 2.33. The first-order valence-electron chi connectivity index (χ1n) is 5.77. The molecule has 1 aromatic carbocycles. The highest BCUT2D eigenvalue weighted by atomic mass is 19.1. The number of hydrogen-bond acceptors (Lipinski definition) is 1. The Balaban J connectivity index is 2.62. The van der Waals surface area contributed by atoms with Crippen LogP contribution in [-0.4, -0.2) is 11.6 Å². The quantitative estimate of drug-likeness (QED) is 0.865. The summed E-state index contributed by atoms with van der Waals surface area (Å²) in [4.78, 5) is 11.5. The number of carbonyl (C=O) groups is 1. The molecular formula is C13H16F3NO. The van der Waals surface area contributed by atoms with E-state index in [9.17, 15) is 18.0 Å². The molecule has 0 fully saturated rings. The summed E-state index contributed by atoms with van der Waals surface area (Å²) in [7, 11) is 0. The minimum atomic E-state index is -1.96. The summed E-state index contributed by atoms with van der Waals surface area (Å²) in [6.07, 6.45) is 0.644. The minimum Gasteiger partial charge on any atom is -0.349 e. The van der Waals surface area contributed by atoms with Gasteiger partial charge in [0, 0.05) is 12.6 Å².